The van der Waals surface area contributed by atoms with Crippen molar-refractivity contribution in [2.45, 2.75) is 20.0 Å². The summed E-state index contributed by atoms with van der Waals surface area (Å²) >= 11 is 0. The molecular formula is C22H27N3O4S. The Morgan fingerprint density at radius 1 is 1.00 bits per heavy atom. The maximum Gasteiger partial charge on any atom is 0.253 e. The number of piperazine rings is 1. The number of nitrogens with zero attached hydrogens (tertiary/aromatic N) is 3. The number of sulfonamides is 1. The second-order valence-electron chi connectivity index (χ2n) is 7.86. The van der Waals surface area contributed by atoms with Gasteiger partial charge in [-0.15, -0.1) is 0 Å². The van der Waals surface area contributed by atoms with Crippen LogP contribution in [-0.4, -0.2) is 62.8 Å². The van der Waals surface area contributed by atoms with Gasteiger partial charge in [-0.05, 0) is 43.7 Å². The van der Waals surface area contributed by atoms with Crippen LogP contribution in [0, 0.1) is 6.92 Å². The topological polar surface area (TPSA) is 81.2 Å². The number of benzene rings is 2. The minimum atomic E-state index is -3.22. The van der Waals surface area contributed by atoms with Gasteiger partial charge in [0, 0.05) is 49.5 Å². The summed E-state index contributed by atoms with van der Waals surface area (Å²) in [6.07, 6.45) is 0.631. The SMILES string of the molecule is Cc1ccc(N2CCN(C(=O)c3ccc(N4CCCS4(=O)=O)cc3)CC2)c(CO)c1. The molecule has 2 heterocycles. The van der Waals surface area contributed by atoms with Gasteiger partial charge in [-0.25, -0.2) is 8.42 Å². The molecule has 4 rings (SSSR count). The highest BCUT2D eigenvalue weighted by atomic mass is 32.2. The molecule has 8 heteroatoms. The summed E-state index contributed by atoms with van der Waals surface area (Å²) in [6.45, 7) is 5.09. The summed E-state index contributed by atoms with van der Waals surface area (Å²) in [6, 6.07) is 12.9. The van der Waals surface area contributed by atoms with E-state index in [0.29, 0.717) is 50.4 Å². The van der Waals surface area contributed by atoms with E-state index in [1.165, 1.54) is 4.31 Å². The molecule has 2 aromatic rings. The second kappa shape index (κ2) is 8.28. The highest BCUT2D eigenvalue weighted by Gasteiger charge is 2.29. The quantitative estimate of drug-likeness (QED) is 0.804. The molecule has 1 amide bonds. The number of hydrogen-bond acceptors (Lipinski definition) is 5. The Labute approximate surface area is 177 Å². The maximum absolute atomic E-state index is 12.9. The minimum absolute atomic E-state index is 0.00472. The standard InChI is InChI=1S/C22H27N3O4S/c1-17-3-8-21(19(15-17)16-26)23-10-12-24(13-11-23)22(27)18-4-6-20(7-5-18)25-9-2-14-30(25,28)29/h3-8,15,26H,2,9-14,16H2,1H3. The van der Waals surface area contributed by atoms with Crippen molar-refractivity contribution in [2.75, 3.05) is 47.7 Å². The van der Waals surface area contributed by atoms with Crippen LogP contribution in [0.5, 0.6) is 0 Å². The van der Waals surface area contributed by atoms with E-state index in [2.05, 4.69) is 4.90 Å². The molecule has 0 aliphatic carbocycles. The minimum Gasteiger partial charge on any atom is -0.392 e. The summed E-state index contributed by atoms with van der Waals surface area (Å²) < 4.78 is 25.6. The van der Waals surface area contributed by atoms with E-state index >= 15 is 0 Å². The van der Waals surface area contributed by atoms with Gasteiger partial charge in [0.25, 0.3) is 5.91 Å². The van der Waals surface area contributed by atoms with Gasteiger partial charge in [-0.2, -0.15) is 0 Å². The van der Waals surface area contributed by atoms with Gasteiger partial charge < -0.3 is 14.9 Å². The van der Waals surface area contributed by atoms with Crippen LogP contribution in [0.3, 0.4) is 0 Å². The fourth-order valence-corrected chi connectivity index (χ4v) is 5.75. The first kappa shape index (κ1) is 20.7. The zero-order chi connectivity index (χ0) is 21.3. The molecule has 160 valence electrons. The van der Waals surface area contributed by atoms with Gasteiger partial charge in [-0.1, -0.05) is 17.7 Å². The third kappa shape index (κ3) is 4.02. The lowest BCUT2D eigenvalue weighted by atomic mass is 10.1. The monoisotopic (exact) mass is 429 g/mol. The van der Waals surface area contributed by atoms with Crippen molar-refractivity contribution in [2.24, 2.45) is 0 Å². The molecular weight excluding hydrogens is 402 g/mol. The van der Waals surface area contributed by atoms with Crippen molar-refractivity contribution in [3.8, 4) is 0 Å². The molecule has 0 aromatic heterocycles. The number of hydrogen-bond donors (Lipinski definition) is 1. The van der Waals surface area contributed by atoms with Crippen LogP contribution in [0.15, 0.2) is 42.5 Å². The predicted octanol–water partition coefficient (Wildman–Crippen LogP) is 1.99. The number of aryl methyl sites for hydroxylation is 1. The number of aliphatic hydroxyl groups excluding tert-OH is 1. The van der Waals surface area contributed by atoms with Gasteiger partial charge in [0.15, 0.2) is 0 Å². The number of amides is 1. The first-order chi connectivity index (χ1) is 14.4. The Kier molecular flexibility index (Phi) is 5.71. The van der Waals surface area contributed by atoms with E-state index in [9.17, 15) is 18.3 Å². The van der Waals surface area contributed by atoms with Gasteiger partial charge in [0.1, 0.15) is 0 Å². The molecule has 1 N–H and O–H groups in total. The normalized spacial score (nSPS) is 18.7. The Morgan fingerprint density at radius 3 is 2.30 bits per heavy atom. The highest BCUT2D eigenvalue weighted by Crippen LogP contribution is 2.26. The Hall–Kier alpha value is -2.58. The molecule has 2 aliphatic rings. The highest BCUT2D eigenvalue weighted by molar-refractivity contribution is 7.93. The number of anilines is 2. The largest absolute Gasteiger partial charge is 0.392 e. The molecule has 30 heavy (non-hydrogen) atoms. The van der Waals surface area contributed by atoms with Crippen LogP contribution in [0.2, 0.25) is 0 Å². The number of aliphatic hydroxyl groups is 1. The van der Waals surface area contributed by atoms with Crippen molar-refractivity contribution < 1.29 is 18.3 Å². The molecule has 0 unspecified atom stereocenters. The van der Waals surface area contributed by atoms with E-state index in [4.69, 9.17) is 0 Å². The summed E-state index contributed by atoms with van der Waals surface area (Å²) in [7, 11) is -3.22. The Morgan fingerprint density at radius 2 is 1.70 bits per heavy atom. The molecule has 2 aliphatic heterocycles. The molecule has 0 saturated carbocycles. The lowest BCUT2D eigenvalue weighted by molar-refractivity contribution is 0.0746. The van der Waals surface area contributed by atoms with Crippen molar-refractivity contribution in [1.29, 1.82) is 0 Å². The van der Waals surface area contributed by atoms with E-state index in [1.807, 2.05) is 30.0 Å². The van der Waals surface area contributed by atoms with Gasteiger partial charge in [0.05, 0.1) is 18.0 Å². The summed E-state index contributed by atoms with van der Waals surface area (Å²) in [5.74, 6) is 0.133. The fourth-order valence-electron chi connectivity index (χ4n) is 4.18. The second-order valence-corrected chi connectivity index (χ2v) is 9.87. The first-order valence-corrected chi connectivity index (χ1v) is 11.8. The Balaban J connectivity index is 1.41. The maximum atomic E-state index is 12.9. The van der Waals surface area contributed by atoms with Crippen LogP contribution in [0.4, 0.5) is 11.4 Å². The van der Waals surface area contributed by atoms with Crippen molar-refractivity contribution in [1.82, 2.24) is 4.90 Å². The third-order valence-corrected chi connectivity index (χ3v) is 7.68. The molecule has 0 bridgehead atoms. The molecule has 7 nitrogen and oxygen atoms in total. The number of carbonyl (C=O) groups excluding carboxylic acids is 1. The fraction of sp³-hybridized carbons (Fsp3) is 0.409. The predicted molar refractivity (Wildman–Crippen MR) is 117 cm³/mol. The summed E-state index contributed by atoms with van der Waals surface area (Å²) in [4.78, 5) is 16.9. The molecule has 2 aromatic carbocycles. The smallest absolute Gasteiger partial charge is 0.253 e. The van der Waals surface area contributed by atoms with Crippen LogP contribution in [-0.2, 0) is 16.6 Å². The van der Waals surface area contributed by atoms with E-state index < -0.39 is 10.0 Å². The van der Waals surface area contributed by atoms with Gasteiger partial charge >= 0.3 is 0 Å². The van der Waals surface area contributed by atoms with E-state index in [-0.39, 0.29) is 18.3 Å². The van der Waals surface area contributed by atoms with Crippen LogP contribution < -0.4 is 9.21 Å². The number of carbonyl (C=O) groups is 1. The van der Waals surface area contributed by atoms with E-state index in [0.717, 1.165) is 16.8 Å². The van der Waals surface area contributed by atoms with Crippen molar-refractivity contribution in [3.63, 3.8) is 0 Å². The van der Waals surface area contributed by atoms with Crippen molar-refractivity contribution >= 4 is 27.3 Å². The average Bonchev–Trinajstić information content (AvgIpc) is 3.12. The summed E-state index contributed by atoms with van der Waals surface area (Å²) in [5.41, 5.74) is 4.22. The van der Waals surface area contributed by atoms with Crippen LogP contribution in [0.25, 0.3) is 0 Å². The Bertz CT molecular complexity index is 1030. The molecule has 2 saturated heterocycles. The lowest BCUT2D eigenvalue weighted by Gasteiger charge is -2.37. The molecule has 0 atom stereocenters. The number of rotatable bonds is 4. The van der Waals surface area contributed by atoms with Crippen LogP contribution in [0.1, 0.15) is 27.9 Å². The van der Waals surface area contributed by atoms with Crippen molar-refractivity contribution in [3.05, 3.63) is 59.2 Å². The zero-order valence-corrected chi connectivity index (χ0v) is 17.9. The van der Waals surface area contributed by atoms with Gasteiger partial charge in [0.2, 0.25) is 10.0 Å². The third-order valence-electron chi connectivity index (χ3n) is 5.81. The average molecular weight is 430 g/mol. The zero-order valence-electron chi connectivity index (χ0n) is 17.1. The van der Waals surface area contributed by atoms with Gasteiger partial charge in [-0.3, -0.25) is 9.10 Å². The first-order valence-electron chi connectivity index (χ1n) is 10.2. The lowest BCUT2D eigenvalue weighted by Crippen LogP contribution is -2.49. The summed E-state index contributed by atoms with van der Waals surface area (Å²) in [5, 5.41) is 9.66. The van der Waals surface area contributed by atoms with Crippen LogP contribution >= 0.6 is 0 Å². The van der Waals surface area contributed by atoms with E-state index in [1.54, 1.807) is 24.3 Å². The molecule has 0 spiro atoms. The molecule has 2 fully saturated rings. The molecule has 0 radical (unpaired) electrons.